The third-order valence-corrected chi connectivity index (χ3v) is 15.9. The van der Waals surface area contributed by atoms with Crippen LogP contribution in [0.3, 0.4) is 0 Å². The van der Waals surface area contributed by atoms with Crippen LogP contribution in [-0.4, -0.2) is 182 Å². The Morgan fingerprint density at radius 2 is 0.699 bits per heavy atom. The SMILES string of the molecule is C=CCCCCCCCCCOCCO.CC(=O)S.CC(=O)SCCCCCCCCCCCOCCO.CC(=O)SCCCCCCCCCCCOCCOCN=C=S.CCN(CC)CC.S=C=NCCl.S=C=NCOCCOCCCCCCCCCCCS. The number of carbonyl (C=O) groups is 3. The Labute approximate surface area is 610 Å². The Kier molecular flexibility index (Phi) is 125. The fraction of sp³-hybridized carbons (Fsp3) is 0.886. The highest BCUT2D eigenvalue weighted by atomic mass is 35.5. The van der Waals surface area contributed by atoms with E-state index in [2.05, 4.69) is 125 Å². The van der Waals surface area contributed by atoms with Gasteiger partial charge in [-0.3, -0.25) is 14.4 Å². The minimum Gasteiger partial charge on any atom is -0.394 e. The van der Waals surface area contributed by atoms with Crippen LogP contribution in [0.2, 0.25) is 0 Å². The Balaban J connectivity index is -0.000000197. The van der Waals surface area contributed by atoms with Crippen molar-refractivity contribution >= 4 is 128 Å². The van der Waals surface area contributed by atoms with Crippen molar-refractivity contribution in [3.05, 3.63) is 12.7 Å². The molecular weight excluding hydrogens is 1330 g/mol. The lowest BCUT2D eigenvalue weighted by Crippen LogP contribution is -2.21. The highest BCUT2D eigenvalue weighted by Gasteiger charge is 2.00. The van der Waals surface area contributed by atoms with Crippen LogP contribution in [0, 0.1) is 0 Å². The number of allylic oxidation sites excluding steroid dienone is 1. The topological polar surface area (TPSA) is 187 Å². The number of alkyl halides is 1. The predicted octanol–water partition coefficient (Wildman–Crippen LogP) is 19.6. The molecule has 23 heteroatoms. The number of halogens is 1. The normalized spacial score (nSPS) is 10.1. The summed E-state index contributed by atoms with van der Waals surface area (Å²) in [5.74, 6) is 3.01. The molecule has 0 bridgehead atoms. The average molecular weight is 1470 g/mol. The molecule has 0 rings (SSSR count). The molecule has 0 atom stereocenters. The zero-order valence-electron chi connectivity index (χ0n) is 59.6. The molecule has 2 N–H and O–H groups in total. The molecule has 0 aromatic heterocycles. The Morgan fingerprint density at radius 1 is 0.441 bits per heavy atom. The van der Waals surface area contributed by atoms with Crippen LogP contribution in [0.1, 0.15) is 266 Å². The van der Waals surface area contributed by atoms with Gasteiger partial charge >= 0.3 is 0 Å². The number of aliphatic hydroxyl groups excluding tert-OH is 2. The van der Waals surface area contributed by atoms with Gasteiger partial charge in [-0.15, -0.1) is 19.2 Å². The van der Waals surface area contributed by atoms with Crippen LogP contribution in [0.4, 0.5) is 0 Å². The summed E-state index contributed by atoms with van der Waals surface area (Å²) in [4.78, 5) is 43.8. The maximum Gasteiger partial charge on any atom is 0.185 e. The van der Waals surface area contributed by atoms with Gasteiger partial charge in [0.2, 0.25) is 0 Å². The number of thiocarbonyl (C=S) groups is 3. The van der Waals surface area contributed by atoms with E-state index in [1.54, 1.807) is 13.8 Å². The van der Waals surface area contributed by atoms with Crippen LogP contribution in [0.25, 0.3) is 0 Å². The second kappa shape index (κ2) is 110. The smallest absolute Gasteiger partial charge is 0.185 e. The number of unbranched alkanes of at least 4 members (excludes halogenated alkanes) is 31. The number of carbonyl (C=O) groups excluding carboxylic acids is 3. The van der Waals surface area contributed by atoms with E-state index < -0.39 is 0 Å². The molecule has 0 unspecified atom stereocenters. The molecule has 0 aliphatic heterocycles. The number of aliphatic imine (C=N–C) groups is 3. The fourth-order valence-corrected chi connectivity index (χ4v) is 9.99. The monoisotopic (exact) mass is 1470 g/mol. The largest absolute Gasteiger partial charge is 0.394 e. The summed E-state index contributed by atoms with van der Waals surface area (Å²) in [5, 5.41) is 23.9. The van der Waals surface area contributed by atoms with Crippen molar-refractivity contribution in [3.8, 4) is 0 Å². The lowest BCUT2D eigenvalue weighted by molar-refractivity contribution is -0.109. The van der Waals surface area contributed by atoms with Crippen molar-refractivity contribution in [2.45, 2.75) is 266 Å². The van der Waals surface area contributed by atoms with Crippen LogP contribution in [-0.2, 0) is 42.8 Å². The zero-order chi connectivity index (χ0) is 70.5. The molecule has 0 spiro atoms. The summed E-state index contributed by atoms with van der Waals surface area (Å²) < 4.78 is 31.6. The van der Waals surface area contributed by atoms with Crippen LogP contribution in [0.15, 0.2) is 27.6 Å². The number of aliphatic hydroxyl groups is 2. The highest BCUT2D eigenvalue weighted by molar-refractivity contribution is 8.13. The molecule has 0 aliphatic carbocycles. The van der Waals surface area contributed by atoms with Crippen molar-refractivity contribution in [2.75, 3.05) is 136 Å². The van der Waals surface area contributed by atoms with Gasteiger partial charge in [-0.1, -0.05) is 229 Å². The standard InChI is InChI=1S/C17H31NO3S2.C15H29NO2S2.C15H30O3S.C13H26O2.C6H15N.C2H2ClNS.C2H4OS/c1-17(19)23-14-10-8-6-4-2-3-5-7-9-11-20-12-13-21-15-18-16-22;19-13-9-7-5-3-1-2-4-6-8-10-17-11-12-18-14-16-15-20;1-15(17)19-14-10-8-6-4-2-3-5-7-9-12-18-13-11-16;1-2-3-4-5-6-7-8-9-10-12-15-13-11-14;1-4-7(5-2)6-3;3-1-4-2-5;1-2(3)4/h2-15H2,1H3;19H,1-14H2;16H,2-14H2,1H3;2,14H,1,3-13H2;4-6H2,1-3H3;1H2;1H3,(H,3,4). The van der Waals surface area contributed by atoms with Gasteiger partial charge in [0.1, 0.15) is 19.5 Å². The minimum absolute atomic E-state index is 0.130. The molecule has 0 amide bonds. The maximum absolute atomic E-state index is 10.8. The quantitative estimate of drug-likeness (QED) is 0.00856. The third kappa shape index (κ3) is 139. The number of rotatable bonds is 63. The highest BCUT2D eigenvalue weighted by Crippen LogP contribution is 2.15. The van der Waals surface area contributed by atoms with Crippen molar-refractivity contribution in [2.24, 2.45) is 15.0 Å². The molecule has 93 heavy (non-hydrogen) atoms. The molecule has 0 aromatic carbocycles. The number of thiol groups is 2. The Morgan fingerprint density at radius 3 is 0.925 bits per heavy atom. The number of hydrogen-bond acceptors (Lipinski definition) is 21. The van der Waals surface area contributed by atoms with Gasteiger partial charge < -0.3 is 43.5 Å². The second-order valence-corrected chi connectivity index (χ2v) is 25.9. The lowest BCUT2D eigenvalue weighted by atomic mass is 10.1. The van der Waals surface area contributed by atoms with Crippen molar-refractivity contribution in [1.82, 2.24) is 4.90 Å². The molecule has 15 nitrogen and oxygen atoms in total. The van der Waals surface area contributed by atoms with Crippen molar-refractivity contribution < 1.29 is 53.0 Å². The van der Waals surface area contributed by atoms with E-state index in [9.17, 15) is 14.4 Å². The zero-order valence-corrected chi connectivity index (χ0v) is 66.2. The van der Waals surface area contributed by atoms with Gasteiger partial charge in [0, 0.05) is 58.7 Å². The Hall–Kier alpha value is -0.520. The third-order valence-electron chi connectivity index (χ3n) is 13.2. The fourth-order valence-electron chi connectivity index (χ4n) is 8.19. The number of isothiocyanates is 3. The van der Waals surface area contributed by atoms with E-state index in [-0.39, 0.29) is 41.3 Å². The summed E-state index contributed by atoms with van der Waals surface area (Å²) in [7, 11) is 0. The van der Waals surface area contributed by atoms with E-state index >= 15 is 0 Å². The molecule has 0 aliphatic rings. The molecule has 0 aromatic rings. The number of hydrogen-bond donors (Lipinski definition) is 4. The van der Waals surface area contributed by atoms with Crippen molar-refractivity contribution in [3.63, 3.8) is 0 Å². The lowest BCUT2D eigenvalue weighted by Gasteiger charge is -2.13. The number of ether oxygens (including phenoxy) is 6. The van der Waals surface area contributed by atoms with Gasteiger partial charge in [0.15, 0.2) is 15.3 Å². The summed E-state index contributed by atoms with van der Waals surface area (Å²) in [5.41, 5.74) is 0. The average Bonchev–Trinajstić information content (AvgIpc) is 3.55. The molecule has 552 valence electrons. The van der Waals surface area contributed by atoms with E-state index in [0.717, 1.165) is 75.8 Å². The first-order valence-corrected chi connectivity index (χ1v) is 39.9. The summed E-state index contributed by atoms with van der Waals surface area (Å²) in [6.45, 7) is 25.9. The molecule has 0 fully saturated rings. The van der Waals surface area contributed by atoms with Gasteiger partial charge in [-0.2, -0.15) is 12.6 Å². The van der Waals surface area contributed by atoms with E-state index in [4.69, 9.17) is 50.2 Å². The Bertz CT molecular complexity index is 1560. The summed E-state index contributed by atoms with van der Waals surface area (Å²) in [6.07, 6.45) is 46.8. The molecule has 0 radical (unpaired) electrons. The van der Waals surface area contributed by atoms with Crippen LogP contribution in [0.5, 0.6) is 0 Å². The van der Waals surface area contributed by atoms with Crippen LogP contribution < -0.4 is 0 Å². The summed E-state index contributed by atoms with van der Waals surface area (Å²) in [6, 6.07) is 0.226. The molecule has 0 saturated carbocycles. The first kappa shape index (κ1) is 106. The number of thioether (sulfide) groups is 2. The van der Waals surface area contributed by atoms with E-state index in [1.165, 1.54) is 243 Å². The predicted molar refractivity (Wildman–Crippen MR) is 420 cm³/mol. The van der Waals surface area contributed by atoms with Crippen LogP contribution >= 0.6 is 97.0 Å². The van der Waals surface area contributed by atoms with Crippen molar-refractivity contribution in [1.29, 1.82) is 0 Å². The van der Waals surface area contributed by atoms with E-state index in [0.29, 0.717) is 46.4 Å². The first-order valence-electron chi connectivity index (χ1n) is 35.1. The van der Waals surface area contributed by atoms with Gasteiger partial charge in [-0.25, -0.2) is 15.0 Å². The van der Waals surface area contributed by atoms with Gasteiger partial charge in [0.05, 0.1) is 68.3 Å². The second-order valence-electron chi connectivity index (χ2n) is 21.5. The maximum atomic E-state index is 10.8. The molecular formula is C70H137ClN4O11S7. The van der Waals surface area contributed by atoms with Gasteiger partial charge in [0.25, 0.3) is 0 Å². The first-order chi connectivity index (χ1) is 45.4. The minimum atomic E-state index is -0.139. The summed E-state index contributed by atoms with van der Waals surface area (Å²) >= 11 is 28.5. The number of nitrogens with zero attached hydrogens (tertiary/aromatic N) is 4. The van der Waals surface area contributed by atoms with E-state index in [1.807, 2.05) is 6.08 Å². The van der Waals surface area contributed by atoms with Gasteiger partial charge in [-0.05, 0) is 120 Å². The molecule has 0 heterocycles. The molecule has 0 saturated heterocycles.